The highest BCUT2D eigenvalue weighted by atomic mass is 16.2. The summed E-state index contributed by atoms with van der Waals surface area (Å²) in [7, 11) is 1.84. The number of nitrogens with zero attached hydrogens (tertiary/aromatic N) is 2. The fourth-order valence-electron chi connectivity index (χ4n) is 5.82. The molecule has 0 bridgehead atoms. The Labute approximate surface area is 197 Å². The fourth-order valence-corrected chi connectivity index (χ4v) is 5.82. The number of carbonyl (C=O) groups excluding carboxylic acids is 2. The third-order valence-corrected chi connectivity index (χ3v) is 7.55. The van der Waals surface area contributed by atoms with Crippen LogP contribution >= 0.6 is 0 Å². The molecule has 0 unspecified atom stereocenters. The highest BCUT2D eigenvalue weighted by Crippen LogP contribution is 2.34. The van der Waals surface area contributed by atoms with E-state index in [1.54, 1.807) is 17.2 Å². The molecule has 1 fully saturated rings. The van der Waals surface area contributed by atoms with E-state index in [0.29, 0.717) is 18.5 Å². The zero-order valence-corrected chi connectivity index (χ0v) is 19.2. The van der Waals surface area contributed by atoms with Crippen molar-refractivity contribution in [3.63, 3.8) is 0 Å². The number of piperidine rings is 1. The maximum absolute atomic E-state index is 13.7. The van der Waals surface area contributed by atoms with Crippen molar-refractivity contribution >= 4 is 33.4 Å². The lowest BCUT2D eigenvalue weighted by molar-refractivity contribution is 0.0636. The average Bonchev–Trinajstić information content (AvgIpc) is 3.30. The Kier molecular flexibility index (Phi) is 4.87. The third-order valence-electron chi connectivity index (χ3n) is 7.55. The van der Waals surface area contributed by atoms with Crippen molar-refractivity contribution in [1.82, 2.24) is 9.47 Å². The van der Waals surface area contributed by atoms with E-state index in [1.807, 2.05) is 48.0 Å². The summed E-state index contributed by atoms with van der Waals surface area (Å²) in [4.78, 5) is 41.9. The number of ketones is 1. The molecule has 1 aromatic heterocycles. The summed E-state index contributed by atoms with van der Waals surface area (Å²) in [6.45, 7) is 0.902. The third kappa shape index (κ3) is 3.18. The summed E-state index contributed by atoms with van der Waals surface area (Å²) < 4.78 is 1.82. The first-order valence-corrected chi connectivity index (χ1v) is 12.0. The van der Waals surface area contributed by atoms with Crippen molar-refractivity contribution in [1.29, 1.82) is 0 Å². The number of carbonyl (C=O) groups is 2. The summed E-state index contributed by atoms with van der Waals surface area (Å²) in [5.74, 6) is -0.454. The molecule has 0 saturated carbocycles. The number of Topliss-reactive ketones (excluding diaryl/α,β-unsaturated/α-hetero) is 1. The molecule has 1 amide bonds. The van der Waals surface area contributed by atoms with Gasteiger partial charge < -0.3 is 9.47 Å². The van der Waals surface area contributed by atoms with Crippen LogP contribution in [0.1, 0.15) is 44.7 Å². The number of amides is 1. The lowest BCUT2D eigenvalue weighted by Gasteiger charge is -2.32. The molecule has 34 heavy (non-hydrogen) atoms. The molecule has 1 aliphatic heterocycles. The summed E-state index contributed by atoms with van der Waals surface area (Å²) in [6.07, 6.45) is 5.17. The number of hydrogen-bond donors (Lipinski definition) is 0. The van der Waals surface area contributed by atoms with Gasteiger partial charge in [0.25, 0.3) is 5.91 Å². The first-order chi connectivity index (χ1) is 16.5. The van der Waals surface area contributed by atoms with E-state index in [4.69, 9.17) is 0 Å². The Morgan fingerprint density at radius 2 is 1.65 bits per heavy atom. The van der Waals surface area contributed by atoms with Crippen molar-refractivity contribution in [2.24, 2.45) is 13.0 Å². The highest BCUT2D eigenvalue weighted by molar-refractivity contribution is 6.11. The summed E-state index contributed by atoms with van der Waals surface area (Å²) in [5, 5.41) is 2.80. The van der Waals surface area contributed by atoms with Gasteiger partial charge in [-0.25, -0.2) is 0 Å². The van der Waals surface area contributed by atoms with Crippen LogP contribution < -0.4 is 5.43 Å². The molecule has 0 N–H and O–H groups in total. The normalized spacial score (nSPS) is 17.4. The van der Waals surface area contributed by atoms with Crippen molar-refractivity contribution in [3.05, 3.63) is 93.3 Å². The van der Waals surface area contributed by atoms with E-state index < -0.39 is 0 Å². The van der Waals surface area contributed by atoms with Crippen LogP contribution in [0.3, 0.4) is 0 Å². The van der Waals surface area contributed by atoms with Crippen LogP contribution in [0.2, 0.25) is 0 Å². The van der Waals surface area contributed by atoms with E-state index in [2.05, 4.69) is 12.1 Å². The van der Waals surface area contributed by atoms with E-state index in [1.165, 1.54) is 16.5 Å². The van der Waals surface area contributed by atoms with Gasteiger partial charge in [0, 0.05) is 43.2 Å². The number of para-hydroxylation sites is 1. The van der Waals surface area contributed by atoms with Crippen LogP contribution in [0.15, 0.2) is 65.6 Å². The van der Waals surface area contributed by atoms with Crippen LogP contribution in [0.5, 0.6) is 0 Å². The van der Waals surface area contributed by atoms with Crippen molar-refractivity contribution in [2.45, 2.75) is 25.7 Å². The molecule has 1 saturated heterocycles. The summed E-state index contributed by atoms with van der Waals surface area (Å²) >= 11 is 0. The summed E-state index contributed by atoms with van der Waals surface area (Å²) in [6, 6.07) is 17.6. The molecule has 5 nitrogen and oxygen atoms in total. The zero-order valence-electron chi connectivity index (χ0n) is 19.2. The van der Waals surface area contributed by atoms with Gasteiger partial charge in [0.2, 0.25) is 5.43 Å². The average molecular weight is 451 g/mol. The lowest BCUT2D eigenvalue weighted by atomic mass is 9.87. The largest absolute Gasteiger partial charge is 0.350 e. The molecule has 0 radical (unpaired) electrons. The van der Waals surface area contributed by atoms with Gasteiger partial charge in [-0.2, -0.15) is 0 Å². The molecule has 0 spiro atoms. The van der Waals surface area contributed by atoms with Crippen LogP contribution in [0, 0.1) is 5.92 Å². The monoisotopic (exact) mass is 450 g/mol. The van der Waals surface area contributed by atoms with Gasteiger partial charge in [-0.05, 0) is 59.7 Å². The number of hydrogen-bond acceptors (Lipinski definition) is 3. The van der Waals surface area contributed by atoms with E-state index >= 15 is 0 Å². The zero-order chi connectivity index (χ0) is 23.4. The number of pyridine rings is 1. The van der Waals surface area contributed by atoms with Crippen LogP contribution in [0.25, 0.3) is 21.7 Å². The number of likely N-dealkylation sites (tertiary alicyclic amines) is 1. The van der Waals surface area contributed by atoms with Gasteiger partial charge in [0.1, 0.15) is 5.56 Å². The molecule has 4 aromatic rings. The second-order valence-corrected chi connectivity index (χ2v) is 9.57. The molecule has 170 valence electrons. The molecule has 1 aliphatic carbocycles. The van der Waals surface area contributed by atoms with Gasteiger partial charge in [-0.1, -0.05) is 42.5 Å². The van der Waals surface area contributed by atoms with Crippen LogP contribution in [-0.4, -0.2) is 34.2 Å². The van der Waals surface area contributed by atoms with Gasteiger partial charge >= 0.3 is 0 Å². The smallest absolute Gasteiger partial charge is 0.259 e. The maximum atomic E-state index is 13.7. The lowest BCUT2D eigenvalue weighted by Crippen LogP contribution is -2.43. The van der Waals surface area contributed by atoms with Crippen LogP contribution in [-0.2, 0) is 19.9 Å². The molecule has 2 aliphatic rings. The second-order valence-electron chi connectivity index (χ2n) is 9.57. The number of aromatic nitrogens is 1. The standard InChI is InChI=1S/C29H26N2O3/c1-30-17-24(28(33)23-8-2-3-10-25(23)30)29(34)31-15-5-7-20(16-31)27(32)22-14-13-19-12-11-18-6-4-9-21(22)26(18)19/h2-4,6,8-10,13-14,17,20H,5,7,11-12,15-16H2,1H3/t20-/m1/s1. The van der Waals surface area contributed by atoms with E-state index in [0.717, 1.165) is 42.1 Å². The Bertz CT molecular complexity index is 1540. The SMILES string of the molecule is Cn1cc(C(=O)N2CCC[C@@H](C(=O)c3ccc4c5c(cccc35)CC4)C2)c(=O)c2ccccc21. The number of aryl methyl sites for hydroxylation is 3. The van der Waals surface area contributed by atoms with Gasteiger partial charge in [0.15, 0.2) is 5.78 Å². The molecule has 1 atom stereocenters. The van der Waals surface area contributed by atoms with Crippen molar-refractivity contribution in [2.75, 3.05) is 13.1 Å². The van der Waals surface area contributed by atoms with Crippen molar-refractivity contribution in [3.8, 4) is 0 Å². The minimum Gasteiger partial charge on any atom is -0.350 e. The van der Waals surface area contributed by atoms with Crippen molar-refractivity contribution < 1.29 is 9.59 Å². The minimum absolute atomic E-state index is 0.0968. The predicted octanol–water partition coefficient (Wildman–Crippen LogP) is 4.53. The van der Waals surface area contributed by atoms with E-state index in [9.17, 15) is 14.4 Å². The molecular formula is C29H26N2O3. The number of benzene rings is 3. The Hall–Kier alpha value is -3.73. The number of rotatable bonds is 3. The Morgan fingerprint density at radius 3 is 2.50 bits per heavy atom. The first kappa shape index (κ1) is 20.8. The molecule has 5 heteroatoms. The highest BCUT2D eigenvalue weighted by Gasteiger charge is 2.32. The fraction of sp³-hybridized carbons (Fsp3) is 0.276. The predicted molar refractivity (Wildman–Crippen MR) is 134 cm³/mol. The number of fused-ring (bicyclic) bond motifs is 1. The maximum Gasteiger partial charge on any atom is 0.259 e. The Balaban J connectivity index is 1.31. The Morgan fingerprint density at radius 1 is 0.882 bits per heavy atom. The minimum atomic E-state index is -0.288. The summed E-state index contributed by atoms with van der Waals surface area (Å²) in [5.41, 5.74) is 4.09. The molecular weight excluding hydrogens is 424 g/mol. The first-order valence-electron chi connectivity index (χ1n) is 12.0. The van der Waals surface area contributed by atoms with Gasteiger partial charge in [0.05, 0.1) is 5.52 Å². The second kappa shape index (κ2) is 7.94. The quantitative estimate of drug-likeness (QED) is 0.431. The van der Waals surface area contributed by atoms with E-state index in [-0.39, 0.29) is 28.6 Å². The topological polar surface area (TPSA) is 59.4 Å². The van der Waals surface area contributed by atoms with Gasteiger partial charge in [-0.3, -0.25) is 14.4 Å². The molecule has 6 rings (SSSR count). The molecule has 2 heterocycles. The van der Waals surface area contributed by atoms with Crippen LogP contribution in [0.4, 0.5) is 0 Å². The molecule has 3 aromatic carbocycles. The van der Waals surface area contributed by atoms with Gasteiger partial charge in [-0.15, -0.1) is 0 Å².